The van der Waals surface area contributed by atoms with Gasteiger partial charge < -0.3 is 0 Å². The molecule has 3 aromatic rings. The fourth-order valence-corrected chi connectivity index (χ4v) is 2.00. The van der Waals surface area contributed by atoms with Crippen molar-refractivity contribution in [2.75, 3.05) is 0 Å². The van der Waals surface area contributed by atoms with Crippen molar-refractivity contribution < 1.29 is 0 Å². The molecular formula is C10H6BrN3O. The topological polar surface area (TPSA) is 50.2 Å². The van der Waals surface area contributed by atoms with E-state index in [0.29, 0.717) is 5.65 Å². The molecule has 5 heteroatoms. The van der Waals surface area contributed by atoms with Crippen molar-refractivity contribution in [1.29, 1.82) is 0 Å². The first-order chi connectivity index (χ1) is 7.25. The van der Waals surface area contributed by atoms with Gasteiger partial charge in [0.25, 0.3) is 0 Å². The predicted octanol–water partition coefficient (Wildman–Crippen LogP) is 1.94. The number of aromatic amines is 1. The third-order valence-corrected chi connectivity index (χ3v) is 2.76. The molecule has 0 aromatic carbocycles. The molecule has 0 atom stereocenters. The summed E-state index contributed by atoms with van der Waals surface area (Å²) in [6.07, 6.45) is 3.40. The lowest BCUT2D eigenvalue weighted by Crippen LogP contribution is -2.15. The highest BCUT2D eigenvalue weighted by molar-refractivity contribution is 9.10. The molecule has 3 aromatic heterocycles. The number of pyridine rings is 1. The zero-order valence-electron chi connectivity index (χ0n) is 7.57. The predicted molar refractivity (Wildman–Crippen MR) is 61.0 cm³/mol. The Morgan fingerprint density at radius 3 is 3.20 bits per heavy atom. The van der Waals surface area contributed by atoms with E-state index < -0.39 is 0 Å². The molecule has 0 fully saturated rings. The average molecular weight is 264 g/mol. The van der Waals surface area contributed by atoms with Gasteiger partial charge >= 0.3 is 5.69 Å². The highest BCUT2D eigenvalue weighted by Gasteiger charge is 2.04. The van der Waals surface area contributed by atoms with E-state index in [-0.39, 0.29) is 5.69 Å². The van der Waals surface area contributed by atoms with Crippen LogP contribution in [0.25, 0.3) is 16.6 Å². The van der Waals surface area contributed by atoms with E-state index in [2.05, 4.69) is 25.9 Å². The van der Waals surface area contributed by atoms with Gasteiger partial charge in [-0.2, -0.15) is 0 Å². The standard InChI is InChI=1S/C10H6BrN3O/c11-6-4-7-8-2-1-3-14(8)10(15)13-9(7)12-5-6/h1-5H,(H,12,13,15). The van der Waals surface area contributed by atoms with Gasteiger partial charge in [0.1, 0.15) is 5.65 Å². The third-order valence-electron chi connectivity index (χ3n) is 2.32. The number of aromatic nitrogens is 3. The molecule has 4 nitrogen and oxygen atoms in total. The number of nitrogens with zero attached hydrogens (tertiary/aromatic N) is 2. The summed E-state index contributed by atoms with van der Waals surface area (Å²) in [5, 5.41) is 0.925. The number of fused-ring (bicyclic) bond motifs is 3. The van der Waals surface area contributed by atoms with Crippen molar-refractivity contribution in [3.8, 4) is 0 Å². The summed E-state index contributed by atoms with van der Waals surface area (Å²) in [6, 6.07) is 5.67. The molecule has 0 amide bonds. The maximum absolute atomic E-state index is 11.6. The summed E-state index contributed by atoms with van der Waals surface area (Å²) < 4.78 is 2.46. The van der Waals surface area contributed by atoms with Gasteiger partial charge in [-0.05, 0) is 34.1 Å². The molecule has 0 saturated carbocycles. The van der Waals surface area contributed by atoms with Gasteiger partial charge in [0.15, 0.2) is 0 Å². The van der Waals surface area contributed by atoms with Crippen molar-refractivity contribution in [3.63, 3.8) is 0 Å². The Balaban J connectivity index is 2.67. The van der Waals surface area contributed by atoms with E-state index in [0.717, 1.165) is 15.4 Å². The fraction of sp³-hybridized carbons (Fsp3) is 0. The van der Waals surface area contributed by atoms with Crippen molar-refractivity contribution in [2.45, 2.75) is 0 Å². The van der Waals surface area contributed by atoms with Gasteiger partial charge in [-0.25, -0.2) is 9.78 Å². The Morgan fingerprint density at radius 2 is 2.33 bits per heavy atom. The van der Waals surface area contributed by atoms with E-state index in [4.69, 9.17) is 0 Å². The number of halogens is 1. The number of rotatable bonds is 0. The molecule has 74 valence electrons. The molecule has 0 aliphatic heterocycles. The first kappa shape index (κ1) is 8.67. The lowest BCUT2D eigenvalue weighted by Gasteiger charge is -2.00. The van der Waals surface area contributed by atoms with Crippen molar-refractivity contribution in [1.82, 2.24) is 14.4 Å². The smallest absolute Gasteiger partial charge is 0.291 e. The minimum absolute atomic E-state index is 0.169. The summed E-state index contributed by atoms with van der Waals surface area (Å²) in [5.41, 5.74) is 1.30. The number of hydrogen-bond donors (Lipinski definition) is 1. The minimum atomic E-state index is -0.169. The molecule has 3 rings (SSSR count). The second kappa shape index (κ2) is 2.93. The van der Waals surface area contributed by atoms with Gasteiger partial charge in [-0.3, -0.25) is 9.38 Å². The second-order valence-corrected chi connectivity index (χ2v) is 4.16. The summed E-state index contributed by atoms with van der Waals surface area (Å²) in [4.78, 5) is 18.5. The van der Waals surface area contributed by atoms with Crippen LogP contribution in [0.15, 0.2) is 39.9 Å². The molecule has 15 heavy (non-hydrogen) atoms. The Hall–Kier alpha value is -1.62. The van der Waals surface area contributed by atoms with E-state index in [1.165, 1.54) is 0 Å². The van der Waals surface area contributed by atoms with Crippen LogP contribution in [0.2, 0.25) is 0 Å². The fourth-order valence-electron chi connectivity index (χ4n) is 1.67. The summed E-state index contributed by atoms with van der Waals surface area (Å²) in [7, 11) is 0. The van der Waals surface area contributed by atoms with Crippen LogP contribution in [0.5, 0.6) is 0 Å². The second-order valence-electron chi connectivity index (χ2n) is 3.24. The highest BCUT2D eigenvalue weighted by atomic mass is 79.9. The quantitative estimate of drug-likeness (QED) is 0.674. The normalized spacial score (nSPS) is 11.3. The Labute approximate surface area is 92.7 Å². The first-order valence-electron chi connectivity index (χ1n) is 4.40. The molecule has 0 spiro atoms. The van der Waals surface area contributed by atoms with Crippen molar-refractivity contribution >= 4 is 32.5 Å². The van der Waals surface area contributed by atoms with Gasteiger partial charge in [-0.15, -0.1) is 0 Å². The van der Waals surface area contributed by atoms with Crippen LogP contribution in [-0.2, 0) is 0 Å². The van der Waals surface area contributed by atoms with E-state index in [1.54, 1.807) is 16.8 Å². The monoisotopic (exact) mass is 263 g/mol. The Bertz CT molecular complexity index is 713. The molecule has 3 heterocycles. The number of H-pyrrole nitrogens is 1. The summed E-state index contributed by atoms with van der Waals surface area (Å²) >= 11 is 3.36. The van der Waals surface area contributed by atoms with Crippen LogP contribution >= 0.6 is 15.9 Å². The van der Waals surface area contributed by atoms with Crippen LogP contribution in [0.4, 0.5) is 0 Å². The average Bonchev–Trinajstić information content (AvgIpc) is 2.69. The van der Waals surface area contributed by atoms with Crippen molar-refractivity contribution in [2.24, 2.45) is 0 Å². The molecule has 0 aliphatic carbocycles. The molecule has 0 radical (unpaired) electrons. The molecule has 0 aliphatic rings. The third kappa shape index (κ3) is 1.20. The lowest BCUT2D eigenvalue weighted by atomic mass is 10.3. The van der Waals surface area contributed by atoms with Gasteiger partial charge in [0.05, 0.1) is 5.52 Å². The van der Waals surface area contributed by atoms with Crippen LogP contribution in [0, 0.1) is 0 Å². The Morgan fingerprint density at radius 1 is 1.47 bits per heavy atom. The summed E-state index contributed by atoms with van der Waals surface area (Å²) in [5.74, 6) is 0. The minimum Gasteiger partial charge on any atom is -0.291 e. The van der Waals surface area contributed by atoms with Crippen molar-refractivity contribution in [3.05, 3.63) is 45.5 Å². The van der Waals surface area contributed by atoms with Crippen LogP contribution in [0.3, 0.4) is 0 Å². The Kier molecular flexibility index (Phi) is 1.70. The van der Waals surface area contributed by atoms with Crippen LogP contribution in [0.1, 0.15) is 0 Å². The molecule has 0 saturated heterocycles. The maximum atomic E-state index is 11.6. The van der Waals surface area contributed by atoms with Gasteiger partial charge in [-0.1, -0.05) is 0 Å². The van der Waals surface area contributed by atoms with Gasteiger partial charge in [0.2, 0.25) is 0 Å². The largest absolute Gasteiger partial charge is 0.331 e. The molecular weight excluding hydrogens is 258 g/mol. The van der Waals surface area contributed by atoms with E-state index in [1.807, 2.05) is 18.2 Å². The SMILES string of the molecule is O=c1[nH]c2ncc(Br)cc2c2cccn12. The lowest BCUT2D eigenvalue weighted by molar-refractivity contribution is 1.02. The molecule has 0 unspecified atom stereocenters. The zero-order chi connectivity index (χ0) is 10.4. The summed E-state index contributed by atoms with van der Waals surface area (Å²) in [6.45, 7) is 0. The van der Waals surface area contributed by atoms with Crippen LogP contribution in [-0.4, -0.2) is 14.4 Å². The van der Waals surface area contributed by atoms with E-state index in [9.17, 15) is 4.79 Å². The highest BCUT2D eigenvalue weighted by Crippen LogP contribution is 2.19. The van der Waals surface area contributed by atoms with Crippen LogP contribution < -0.4 is 5.69 Å². The number of nitrogens with one attached hydrogen (secondary N) is 1. The molecule has 1 N–H and O–H groups in total. The number of hydrogen-bond acceptors (Lipinski definition) is 2. The molecule has 0 bridgehead atoms. The van der Waals surface area contributed by atoms with E-state index >= 15 is 0 Å². The first-order valence-corrected chi connectivity index (χ1v) is 5.19. The zero-order valence-corrected chi connectivity index (χ0v) is 9.15. The maximum Gasteiger partial charge on any atom is 0.331 e. The van der Waals surface area contributed by atoms with Gasteiger partial charge in [0, 0.05) is 22.3 Å².